The zero-order valence-corrected chi connectivity index (χ0v) is 12.3. The van der Waals surface area contributed by atoms with Gasteiger partial charge in [0.15, 0.2) is 6.10 Å². The van der Waals surface area contributed by atoms with E-state index in [1.54, 1.807) is 20.8 Å². The molecule has 0 aliphatic rings. The van der Waals surface area contributed by atoms with Crippen LogP contribution in [-0.4, -0.2) is 44.8 Å². The molecule has 20 heavy (non-hydrogen) atoms. The highest BCUT2D eigenvalue weighted by atomic mass is 32.2. The minimum Gasteiger partial charge on any atom is -0.464 e. The second kappa shape index (κ2) is 6.72. The van der Waals surface area contributed by atoms with E-state index in [2.05, 4.69) is 8.92 Å². The first-order valence-electron chi connectivity index (χ1n) is 5.60. The standard InChI is InChI=1S/C10H17F3O6S/c1-5-17-8(14)7(6-18-9(2,3)4)19-20(15,16)10(11,12)13/h7H,5-6H2,1-4H3/t7-/m1/s1. The van der Waals surface area contributed by atoms with E-state index in [1.165, 1.54) is 6.92 Å². The fraction of sp³-hybridized carbons (Fsp3) is 0.900. The minimum atomic E-state index is -5.91. The van der Waals surface area contributed by atoms with Crippen molar-refractivity contribution in [2.75, 3.05) is 13.2 Å². The second-order valence-electron chi connectivity index (χ2n) is 4.66. The summed E-state index contributed by atoms with van der Waals surface area (Å²) < 4.78 is 71.8. The van der Waals surface area contributed by atoms with E-state index >= 15 is 0 Å². The first-order valence-corrected chi connectivity index (χ1v) is 7.01. The first kappa shape index (κ1) is 19.1. The Balaban J connectivity index is 5.01. The Morgan fingerprint density at radius 3 is 2.05 bits per heavy atom. The molecular formula is C10H17F3O6S. The van der Waals surface area contributed by atoms with Gasteiger partial charge in [-0.15, -0.1) is 0 Å². The van der Waals surface area contributed by atoms with Crippen LogP contribution < -0.4 is 0 Å². The van der Waals surface area contributed by atoms with Crippen LogP contribution >= 0.6 is 0 Å². The Labute approximate surface area is 115 Å². The van der Waals surface area contributed by atoms with Crippen LogP contribution in [0.4, 0.5) is 13.2 Å². The number of esters is 1. The van der Waals surface area contributed by atoms with Crippen molar-refractivity contribution in [2.24, 2.45) is 0 Å². The van der Waals surface area contributed by atoms with Crippen molar-refractivity contribution in [3.63, 3.8) is 0 Å². The summed E-state index contributed by atoms with van der Waals surface area (Å²) in [5, 5.41) is 0. The Kier molecular flexibility index (Phi) is 6.43. The highest BCUT2D eigenvalue weighted by Gasteiger charge is 2.50. The van der Waals surface area contributed by atoms with Gasteiger partial charge in [-0.2, -0.15) is 21.6 Å². The molecule has 0 aliphatic heterocycles. The second-order valence-corrected chi connectivity index (χ2v) is 6.22. The van der Waals surface area contributed by atoms with Gasteiger partial charge in [-0.3, -0.25) is 0 Å². The molecule has 120 valence electrons. The fourth-order valence-corrected chi connectivity index (χ4v) is 1.45. The molecule has 0 aliphatic carbocycles. The van der Waals surface area contributed by atoms with Gasteiger partial charge in [0.05, 0.1) is 18.8 Å². The maximum absolute atomic E-state index is 12.2. The molecule has 0 saturated carbocycles. The van der Waals surface area contributed by atoms with Gasteiger partial charge in [0.1, 0.15) is 0 Å². The van der Waals surface area contributed by atoms with E-state index < -0.39 is 39.9 Å². The van der Waals surface area contributed by atoms with E-state index in [-0.39, 0.29) is 6.61 Å². The molecule has 0 rings (SSSR count). The number of halogens is 3. The number of carbonyl (C=O) groups excluding carboxylic acids is 1. The third kappa shape index (κ3) is 6.53. The predicted molar refractivity (Wildman–Crippen MR) is 62.2 cm³/mol. The summed E-state index contributed by atoms with van der Waals surface area (Å²) in [6.45, 7) is 5.32. The molecule has 0 bridgehead atoms. The number of rotatable bonds is 6. The summed E-state index contributed by atoms with van der Waals surface area (Å²) in [7, 11) is -5.91. The molecule has 0 saturated heterocycles. The van der Waals surface area contributed by atoms with Crippen LogP contribution in [0.3, 0.4) is 0 Å². The Hall–Kier alpha value is -0.870. The average molecular weight is 322 g/mol. The molecular weight excluding hydrogens is 305 g/mol. The summed E-state index contributed by atoms with van der Waals surface area (Å²) in [6.07, 6.45) is -2.01. The summed E-state index contributed by atoms with van der Waals surface area (Å²) in [5.41, 5.74) is -6.42. The van der Waals surface area contributed by atoms with E-state index in [0.29, 0.717) is 0 Å². The van der Waals surface area contributed by atoms with E-state index in [1.807, 2.05) is 0 Å². The van der Waals surface area contributed by atoms with Crippen molar-refractivity contribution in [2.45, 2.75) is 44.9 Å². The van der Waals surface area contributed by atoms with Gasteiger partial charge in [-0.25, -0.2) is 8.98 Å². The Morgan fingerprint density at radius 2 is 1.70 bits per heavy atom. The van der Waals surface area contributed by atoms with Crippen LogP contribution in [-0.2, 0) is 28.6 Å². The monoisotopic (exact) mass is 322 g/mol. The lowest BCUT2D eigenvalue weighted by Crippen LogP contribution is -2.39. The number of alkyl halides is 3. The number of hydrogen-bond donors (Lipinski definition) is 0. The molecule has 0 N–H and O–H groups in total. The van der Waals surface area contributed by atoms with Crippen LogP contribution in [0.5, 0.6) is 0 Å². The lowest BCUT2D eigenvalue weighted by molar-refractivity contribution is -0.157. The maximum Gasteiger partial charge on any atom is 0.523 e. The van der Waals surface area contributed by atoms with E-state index in [4.69, 9.17) is 4.74 Å². The summed E-state index contributed by atoms with van der Waals surface area (Å²) in [4.78, 5) is 11.4. The van der Waals surface area contributed by atoms with Gasteiger partial charge in [0.25, 0.3) is 0 Å². The molecule has 0 fully saturated rings. The summed E-state index contributed by atoms with van der Waals surface area (Å²) >= 11 is 0. The van der Waals surface area contributed by atoms with Crippen molar-refractivity contribution >= 4 is 16.1 Å². The SMILES string of the molecule is CCOC(=O)[C@@H](COC(C)(C)C)OS(=O)(=O)C(F)(F)F. The molecule has 0 amide bonds. The van der Waals surface area contributed by atoms with Gasteiger partial charge < -0.3 is 9.47 Å². The average Bonchev–Trinajstić information content (AvgIpc) is 2.21. The molecule has 1 atom stereocenters. The lowest BCUT2D eigenvalue weighted by Gasteiger charge is -2.23. The van der Waals surface area contributed by atoms with Crippen LogP contribution in [0.1, 0.15) is 27.7 Å². The third-order valence-corrected chi connectivity index (χ3v) is 2.80. The maximum atomic E-state index is 12.2. The van der Waals surface area contributed by atoms with Gasteiger partial charge >= 0.3 is 21.6 Å². The molecule has 0 heterocycles. The normalized spacial score (nSPS) is 14.9. The lowest BCUT2D eigenvalue weighted by atomic mass is 10.2. The molecule has 6 nitrogen and oxygen atoms in total. The highest BCUT2D eigenvalue weighted by molar-refractivity contribution is 7.87. The van der Waals surface area contributed by atoms with Crippen molar-refractivity contribution < 1.29 is 40.0 Å². The molecule has 0 aromatic heterocycles. The Morgan fingerprint density at radius 1 is 1.20 bits per heavy atom. The zero-order valence-electron chi connectivity index (χ0n) is 11.5. The molecule has 0 radical (unpaired) electrons. The van der Waals surface area contributed by atoms with Gasteiger partial charge in [-0.1, -0.05) is 0 Å². The largest absolute Gasteiger partial charge is 0.523 e. The van der Waals surface area contributed by atoms with Gasteiger partial charge in [-0.05, 0) is 27.7 Å². The van der Waals surface area contributed by atoms with E-state index in [9.17, 15) is 26.4 Å². The van der Waals surface area contributed by atoms with Crippen LogP contribution in [0, 0.1) is 0 Å². The topological polar surface area (TPSA) is 78.9 Å². The highest BCUT2D eigenvalue weighted by Crippen LogP contribution is 2.26. The Bertz CT molecular complexity index is 423. The van der Waals surface area contributed by atoms with Crippen molar-refractivity contribution in [1.82, 2.24) is 0 Å². The number of hydrogen-bond acceptors (Lipinski definition) is 6. The van der Waals surface area contributed by atoms with Gasteiger partial charge in [0, 0.05) is 0 Å². The molecule has 0 aromatic carbocycles. The minimum absolute atomic E-state index is 0.139. The van der Waals surface area contributed by atoms with Crippen LogP contribution in [0.2, 0.25) is 0 Å². The smallest absolute Gasteiger partial charge is 0.464 e. The quantitative estimate of drug-likeness (QED) is 0.420. The number of carbonyl (C=O) groups is 1. The third-order valence-electron chi connectivity index (χ3n) is 1.74. The summed E-state index contributed by atoms with van der Waals surface area (Å²) in [6, 6.07) is 0. The zero-order chi connectivity index (χ0) is 16.2. The molecule has 0 aromatic rings. The molecule has 0 unspecified atom stereocenters. The molecule has 0 spiro atoms. The molecule has 10 heteroatoms. The van der Waals surface area contributed by atoms with E-state index in [0.717, 1.165) is 0 Å². The first-order chi connectivity index (χ1) is 8.80. The summed E-state index contributed by atoms with van der Waals surface area (Å²) in [5.74, 6) is -1.25. The number of ether oxygens (including phenoxy) is 2. The van der Waals surface area contributed by atoms with Crippen molar-refractivity contribution in [3.8, 4) is 0 Å². The van der Waals surface area contributed by atoms with Crippen molar-refractivity contribution in [1.29, 1.82) is 0 Å². The van der Waals surface area contributed by atoms with Crippen LogP contribution in [0.25, 0.3) is 0 Å². The fourth-order valence-electron chi connectivity index (χ4n) is 0.903. The van der Waals surface area contributed by atoms with Crippen LogP contribution in [0.15, 0.2) is 0 Å². The van der Waals surface area contributed by atoms with Gasteiger partial charge in [0.2, 0.25) is 0 Å². The predicted octanol–water partition coefficient (Wildman–Crippen LogP) is 1.60. The van der Waals surface area contributed by atoms with Crippen molar-refractivity contribution in [3.05, 3.63) is 0 Å².